The molecule has 2 heterocycles. The third-order valence-corrected chi connectivity index (χ3v) is 5.63. The molecule has 0 aliphatic rings. The van der Waals surface area contributed by atoms with Crippen molar-refractivity contribution in [1.82, 2.24) is 19.7 Å². The average molecular weight is 382 g/mol. The fourth-order valence-corrected chi connectivity index (χ4v) is 4.17. The Morgan fingerprint density at radius 2 is 1.50 bits per heavy atom. The molecule has 0 atom stereocenters. The van der Waals surface area contributed by atoms with Crippen molar-refractivity contribution in [3.63, 3.8) is 0 Å². The number of benzene rings is 3. The number of H-pyrrole nitrogens is 1. The first-order chi connectivity index (χ1) is 13.9. The number of nitrogens with one attached hydrogen (secondary N) is 1. The molecule has 4 nitrogen and oxygen atoms in total. The van der Waals surface area contributed by atoms with Gasteiger partial charge in [0.25, 0.3) is 0 Å². The maximum absolute atomic E-state index is 4.53. The van der Waals surface area contributed by atoms with E-state index in [9.17, 15) is 0 Å². The number of thioether (sulfide) groups is 1. The molecule has 0 unspecified atom stereocenters. The number of rotatable bonds is 5. The normalized spacial score (nSPS) is 11.1. The van der Waals surface area contributed by atoms with Gasteiger partial charge in [0, 0.05) is 22.3 Å². The molecule has 0 bridgehead atoms. The molecule has 136 valence electrons. The Labute approximate surface area is 167 Å². The predicted molar refractivity (Wildman–Crippen MR) is 115 cm³/mol. The zero-order chi connectivity index (χ0) is 18.8. The Kier molecular flexibility index (Phi) is 4.43. The van der Waals surface area contributed by atoms with Gasteiger partial charge in [0.1, 0.15) is 0 Å². The number of aromatic amines is 1. The number of aromatic nitrogens is 4. The fraction of sp³-hybridized carbons (Fsp3) is 0.0435. The van der Waals surface area contributed by atoms with Gasteiger partial charge in [0.05, 0.1) is 5.69 Å². The standard InChI is InChI=1S/C23H18N4S/c1-3-9-17(10-4-1)16-28-23-26-25-22(27(23)19-12-5-2-6-13-19)21-15-18-11-7-8-14-20(18)24-21/h1-15,24H,16H2. The fourth-order valence-electron chi connectivity index (χ4n) is 3.26. The van der Waals surface area contributed by atoms with Crippen molar-refractivity contribution in [3.8, 4) is 17.2 Å². The van der Waals surface area contributed by atoms with Crippen molar-refractivity contribution in [1.29, 1.82) is 0 Å². The Balaban J connectivity index is 1.58. The van der Waals surface area contributed by atoms with Crippen molar-refractivity contribution in [2.24, 2.45) is 0 Å². The second-order valence-corrected chi connectivity index (χ2v) is 7.46. The first-order valence-electron chi connectivity index (χ1n) is 9.14. The summed E-state index contributed by atoms with van der Waals surface area (Å²) >= 11 is 1.69. The highest BCUT2D eigenvalue weighted by Gasteiger charge is 2.17. The SMILES string of the molecule is c1ccc(CSc2nnc(-c3cc4ccccc4[nH]3)n2-c2ccccc2)cc1. The molecule has 0 saturated carbocycles. The lowest BCUT2D eigenvalue weighted by atomic mass is 10.2. The van der Waals surface area contributed by atoms with Crippen LogP contribution in [0.4, 0.5) is 0 Å². The molecule has 0 saturated heterocycles. The van der Waals surface area contributed by atoms with Gasteiger partial charge < -0.3 is 4.98 Å². The van der Waals surface area contributed by atoms with Crippen LogP contribution in [-0.2, 0) is 5.75 Å². The van der Waals surface area contributed by atoms with Gasteiger partial charge in [0.2, 0.25) is 0 Å². The minimum atomic E-state index is 0.818. The zero-order valence-electron chi connectivity index (χ0n) is 15.1. The van der Waals surface area contributed by atoms with Gasteiger partial charge in [-0.25, -0.2) is 0 Å². The van der Waals surface area contributed by atoms with Crippen LogP contribution in [0, 0.1) is 0 Å². The van der Waals surface area contributed by atoms with Crippen LogP contribution in [0.25, 0.3) is 28.1 Å². The molecule has 5 aromatic rings. The molecule has 28 heavy (non-hydrogen) atoms. The van der Waals surface area contributed by atoms with Crippen LogP contribution in [0.2, 0.25) is 0 Å². The number of para-hydroxylation sites is 2. The third kappa shape index (κ3) is 3.21. The lowest BCUT2D eigenvalue weighted by Gasteiger charge is -2.09. The summed E-state index contributed by atoms with van der Waals surface area (Å²) in [5.74, 6) is 1.66. The van der Waals surface area contributed by atoms with Crippen molar-refractivity contribution in [3.05, 3.63) is 96.6 Å². The summed E-state index contributed by atoms with van der Waals surface area (Å²) in [6.45, 7) is 0. The maximum Gasteiger partial charge on any atom is 0.196 e. The molecule has 5 heteroatoms. The summed E-state index contributed by atoms with van der Waals surface area (Å²) in [4.78, 5) is 3.48. The van der Waals surface area contributed by atoms with Gasteiger partial charge in [0.15, 0.2) is 11.0 Å². The van der Waals surface area contributed by atoms with Gasteiger partial charge in [-0.3, -0.25) is 4.57 Å². The van der Waals surface area contributed by atoms with Crippen LogP contribution in [0.3, 0.4) is 0 Å². The molecule has 0 aliphatic carbocycles. The predicted octanol–water partition coefficient (Wildman–Crippen LogP) is 5.71. The van der Waals surface area contributed by atoms with E-state index >= 15 is 0 Å². The van der Waals surface area contributed by atoms with E-state index in [2.05, 4.69) is 74.3 Å². The summed E-state index contributed by atoms with van der Waals surface area (Å²) in [6, 6.07) is 31.1. The number of fused-ring (bicyclic) bond motifs is 1. The molecule has 0 amide bonds. The van der Waals surface area contributed by atoms with Crippen LogP contribution < -0.4 is 0 Å². The molecule has 5 rings (SSSR count). The minimum Gasteiger partial charge on any atom is -0.352 e. The zero-order valence-corrected chi connectivity index (χ0v) is 15.9. The monoisotopic (exact) mass is 382 g/mol. The van der Waals surface area contributed by atoms with Gasteiger partial charge in [-0.2, -0.15) is 0 Å². The van der Waals surface area contributed by atoms with Crippen molar-refractivity contribution in [2.45, 2.75) is 10.9 Å². The number of hydrogen-bond acceptors (Lipinski definition) is 3. The third-order valence-electron chi connectivity index (χ3n) is 4.63. The first-order valence-corrected chi connectivity index (χ1v) is 10.1. The molecule has 0 aliphatic heterocycles. The number of nitrogens with zero attached hydrogens (tertiary/aromatic N) is 3. The van der Waals surface area contributed by atoms with E-state index in [0.29, 0.717) is 0 Å². The topological polar surface area (TPSA) is 46.5 Å². The van der Waals surface area contributed by atoms with Crippen molar-refractivity contribution >= 4 is 22.7 Å². The summed E-state index contributed by atoms with van der Waals surface area (Å²) in [5.41, 5.74) is 4.38. The van der Waals surface area contributed by atoms with Crippen LogP contribution in [-0.4, -0.2) is 19.7 Å². The highest BCUT2D eigenvalue weighted by molar-refractivity contribution is 7.98. The molecular formula is C23H18N4S. The lowest BCUT2D eigenvalue weighted by Crippen LogP contribution is -1.99. The van der Waals surface area contributed by atoms with E-state index in [-0.39, 0.29) is 0 Å². The quantitative estimate of drug-likeness (QED) is 0.396. The summed E-state index contributed by atoms with van der Waals surface area (Å²) in [5, 5.41) is 11.1. The highest BCUT2D eigenvalue weighted by Crippen LogP contribution is 2.30. The van der Waals surface area contributed by atoms with Crippen molar-refractivity contribution in [2.75, 3.05) is 0 Å². The first kappa shape index (κ1) is 16.8. The maximum atomic E-state index is 4.53. The summed E-state index contributed by atoms with van der Waals surface area (Å²) < 4.78 is 2.12. The molecule has 0 fully saturated rings. The Hall–Kier alpha value is -3.31. The van der Waals surface area contributed by atoms with E-state index in [4.69, 9.17) is 0 Å². The second kappa shape index (κ2) is 7.37. The Bertz CT molecular complexity index is 1180. The molecule has 0 spiro atoms. The van der Waals surface area contributed by atoms with Gasteiger partial charge in [-0.05, 0) is 29.8 Å². The number of hydrogen-bond donors (Lipinski definition) is 1. The van der Waals surface area contributed by atoms with E-state index in [1.165, 1.54) is 10.9 Å². The smallest absolute Gasteiger partial charge is 0.196 e. The lowest BCUT2D eigenvalue weighted by molar-refractivity contribution is 0.885. The van der Waals surface area contributed by atoms with Crippen LogP contribution >= 0.6 is 11.8 Å². The molecular weight excluding hydrogens is 364 g/mol. The van der Waals surface area contributed by atoms with E-state index in [1.807, 2.05) is 36.4 Å². The summed E-state index contributed by atoms with van der Waals surface area (Å²) in [6.07, 6.45) is 0. The van der Waals surface area contributed by atoms with Gasteiger partial charge >= 0.3 is 0 Å². The molecule has 3 aromatic carbocycles. The van der Waals surface area contributed by atoms with Crippen molar-refractivity contribution < 1.29 is 0 Å². The van der Waals surface area contributed by atoms with Crippen LogP contribution in [0.15, 0.2) is 96.2 Å². The van der Waals surface area contributed by atoms with E-state index < -0.39 is 0 Å². The molecule has 0 radical (unpaired) electrons. The summed E-state index contributed by atoms with van der Waals surface area (Å²) in [7, 11) is 0. The Morgan fingerprint density at radius 3 is 2.29 bits per heavy atom. The average Bonchev–Trinajstić information content (AvgIpc) is 3.37. The Morgan fingerprint density at radius 1 is 0.786 bits per heavy atom. The largest absolute Gasteiger partial charge is 0.352 e. The molecule has 2 aromatic heterocycles. The van der Waals surface area contributed by atoms with Gasteiger partial charge in [-0.1, -0.05) is 78.5 Å². The van der Waals surface area contributed by atoms with E-state index in [0.717, 1.165) is 33.6 Å². The molecule has 1 N–H and O–H groups in total. The van der Waals surface area contributed by atoms with Crippen LogP contribution in [0.5, 0.6) is 0 Å². The van der Waals surface area contributed by atoms with Gasteiger partial charge in [-0.15, -0.1) is 10.2 Å². The minimum absolute atomic E-state index is 0.818. The van der Waals surface area contributed by atoms with E-state index in [1.54, 1.807) is 11.8 Å². The van der Waals surface area contributed by atoms with Crippen LogP contribution in [0.1, 0.15) is 5.56 Å². The second-order valence-electron chi connectivity index (χ2n) is 6.52. The highest BCUT2D eigenvalue weighted by atomic mass is 32.2.